The molecule has 0 saturated carbocycles. The summed E-state index contributed by atoms with van der Waals surface area (Å²) in [6, 6.07) is 20.0. The zero-order chi connectivity index (χ0) is 23.4. The minimum atomic E-state index is -4.02. The summed E-state index contributed by atoms with van der Waals surface area (Å²) in [5.41, 5.74) is 0.569. The fourth-order valence-electron chi connectivity index (χ4n) is 3.19. The van der Waals surface area contributed by atoms with E-state index in [1.54, 1.807) is 36.4 Å². The van der Waals surface area contributed by atoms with Crippen molar-refractivity contribution in [1.82, 2.24) is 0 Å². The SMILES string of the molecule is CCOc1ccc(NC(=O)c2ccccc2NS(=O)(=O)c2ccc3oc(=O)ccc3c2)cc1. The van der Waals surface area contributed by atoms with Crippen LogP contribution in [0.25, 0.3) is 11.0 Å². The molecule has 0 atom stereocenters. The molecule has 0 bridgehead atoms. The first-order valence-corrected chi connectivity index (χ1v) is 11.5. The summed E-state index contributed by atoms with van der Waals surface area (Å²) < 4.78 is 38.9. The van der Waals surface area contributed by atoms with Gasteiger partial charge in [0.25, 0.3) is 15.9 Å². The Morgan fingerprint density at radius 3 is 2.48 bits per heavy atom. The van der Waals surface area contributed by atoms with Gasteiger partial charge < -0.3 is 14.5 Å². The number of sulfonamides is 1. The van der Waals surface area contributed by atoms with E-state index in [9.17, 15) is 18.0 Å². The van der Waals surface area contributed by atoms with Gasteiger partial charge in [-0.25, -0.2) is 13.2 Å². The van der Waals surface area contributed by atoms with Gasteiger partial charge >= 0.3 is 5.63 Å². The highest BCUT2D eigenvalue weighted by atomic mass is 32.2. The number of para-hydroxylation sites is 1. The summed E-state index contributed by atoms with van der Waals surface area (Å²) in [5.74, 6) is 0.205. The number of nitrogens with one attached hydrogen (secondary N) is 2. The molecule has 33 heavy (non-hydrogen) atoms. The quantitative estimate of drug-likeness (QED) is 0.395. The van der Waals surface area contributed by atoms with Crippen molar-refractivity contribution in [3.63, 3.8) is 0 Å². The Kier molecular flexibility index (Phi) is 6.14. The van der Waals surface area contributed by atoms with Crippen LogP contribution in [0.1, 0.15) is 17.3 Å². The average molecular weight is 464 g/mol. The van der Waals surface area contributed by atoms with Crippen LogP contribution in [0.4, 0.5) is 11.4 Å². The summed E-state index contributed by atoms with van der Waals surface area (Å²) in [4.78, 5) is 24.2. The molecule has 0 fully saturated rings. The molecule has 3 aromatic carbocycles. The summed E-state index contributed by atoms with van der Waals surface area (Å²) in [6.45, 7) is 2.41. The lowest BCUT2D eigenvalue weighted by Crippen LogP contribution is -2.18. The van der Waals surface area contributed by atoms with Crippen LogP contribution in [0.5, 0.6) is 5.75 Å². The van der Waals surface area contributed by atoms with Crippen molar-refractivity contribution in [2.75, 3.05) is 16.6 Å². The summed E-state index contributed by atoms with van der Waals surface area (Å²) in [6.07, 6.45) is 0. The van der Waals surface area contributed by atoms with E-state index in [1.165, 1.54) is 42.5 Å². The highest BCUT2D eigenvalue weighted by molar-refractivity contribution is 7.92. The van der Waals surface area contributed by atoms with Crippen LogP contribution in [-0.2, 0) is 10.0 Å². The molecule has 0 aliphatic rings. The van der Waals surface area contributed by atoms with Crippen LogP contribution in [0.15, 0.2) is 93.0 Å². The first-order valence-electron chi connectivity index (χ1n) is 10.1. The minimum Gasteiger partial charge on any atom is -0.494 e. The van der Waals surface area contributed by atoms with Gasteiger partial charge in [0.1, 0.15) is 11.3 Å². The Morgan fingerprint density at radius 2 is 1.73 bits per heavy atom. The van der Waals surface area contributed by atoms with Gasteiger partial charge in [-0.2, -0.15) is 0 Å². The Balaban J connectivity index is 1.58. The molecule has 4 aromatic rings. The molecular formula is C24H20N2O6S. The normalized spacial score (nSPS) is 11.2. The molecule has 9 heteroatoms. The van der Waals surface area contributed by atoms with Crippen molar-refractivity contribution in [1.29, 1.82) is 0 Å². The molecule has 1 aromatic heterocycles. The third-order valence-corrected chi connectivity index (χ3v) is 6.10. The van der Waals surface area contributed by atoms with Crippen LogP contribution in [0.3, 0.4) is 0 Å². The van der Waals surface area contributed by atoms with Crippen LogP contribution < -0.4 is 20.4 Å². The van der Waals surface area contributed by atoms with Gasteiger partial charge in [-0.1, -0.05) is 12.1 Å². The fraction of sp³-hybridized carbons (Fsp3) is 0.0833. The number of ether oxygens (including phenoxy) is 1. The molecule has 0 aliphatic carbocycles. The topological polar surface area (TPSA) is 115 Å². The van der Waals surface area contributed by atoms with Crippen LogP contribution in [-0.4, -0.2) is 20.9 Å². The molecule has 0 saturated heterocycles. The zero-order valence-corrected chi connectivity index (χ0v) is 18.4. The maximum absolute atomic E-state index is 13.0. The highest BCUT2D eigenvalue weighted by Crippen LogP contribution is 2.24. The second-order valence-corrected chi connectivity index (χ2v) is 8.70. The number of benzene rings is 3. The van der Waals surface area contributed by atoms with Crippen molar-refractivity contribution in [3.8, 4) is 5.75 Å². The standard InChI is InChI=1S/C24H20N2O6S/c1-2-31-18-10-8-17(9-11-18)25-24(28)20-5-3-4-6-21(20)26-33(29,30)19-12-13-22-16(15-19)7-14-23(27)32-22/h3-15,26H,2H2,1H3,(H,25,28). The van der Waals surface area contributed by atoms with Crippen molar-refractivity contribution < 1.29 is 22.4 Å². The minimum absolute atomic E-state index is 0.0365. The molecule has 0 unspecified atom stereocenters. The van der Waals surface area contributed by atoms with Gasteiger partial charge in [0.05, 0.1) is 22.8 Å². The number of anilines is 2. The van der Waals surface area contributed by atoms with E-state index in [-0.39, 0.29) is 21.7 Å². The van der Waals surface area contributed by atoms with Crippen molar-refractivity contribution in [2.45, 2.75) is 11.8 Å². The second kappa shape index (κ2) is 9.17. The third kappa shape index (κ3) is 5.04. The van der Waals surface area contributed by atoms with E-state index in [0.29, 0.717) is 23.4 Å². The number of rotatable bonds is 7. The van der Waals surface area contributed by atoms with Gasteiger partial charge in [-0.15, -0.1) is 0 Å². The molecule has 1 heterocycles. The summed E-state index contributed by atoms with van der Waals surface area (Å²) in [7, 11) is -4.02. The van der Waals surface area contributed by atoms with Crippen molar-refractivity contribution in [3.05, 3.63) is 94.8 Å². The molecule has 0 radical (unpaired) electrons. The van der Waals surface area contributed by atoms with E-state index in [0.717, 1.165) is 0 Å². The van der Waals surface area contributed by atoms with Crippen LogP contribution in [0.2, 0.25) is 0 Å². The van der Waals surface area contributed by atoms with E-state index in [4.69, 9.17) is 9.15 Å². The van der Waals surface area contributed by atoms with Crippen molar-refractivity contribution >= 4 is 38.3 Å². The van der Waals surface area contributed by atoms with Crippen LogP contribution >= 0.6 is 0 Å². The maximum Gasteiger partial charge on any atom is 0.336 e. The predicted molar refractivity (Wildman–Crippen MR) is 125 cm³/mol. The predicted octanol–water partition coefficient (Wildman–Crippen LogP) is 4.24. The molecule has 168 valence electrons. The molecule has 2 N–H and O–H groups in total. The third-order valence-electron chi connectivity index (χ3n) is 4.74. The van der Waals surface area contributed by atoms with E-state index < -0.39 is 21.6 Å². The molecule has 1 amide bonds. The second-order valence-electron chi connectivity index (χ2n) is 7.02. The fourth-order valence-corrected chi connectivity index (χ4v) is 4.31. The lowest BCUT2D eigenvalue weighted by molar-refractivity contribution is 0.102. The van der Waals surface area contributed by atoms with Gasteiger partial charge in [-0.3, -0.25) is 9.52 Å². The summed E-state index contributed by atoms with van der Waals surface area (Å²) >= 11 is 0. The lowest BCUT2D eigenvalue weighted by atomic mass is 10.1. The monoisotopic (exact) mass is 464 g/mol. The van der Waals surface area contributed by atoms with E-state index in [1.807, 2.05) is 6.92 Å². The highest BCUT2D eigenvalue weighted by Gasteiger charge is 2.19. The van der Waals surface area contributed by atoms with Crippen LogP contribution in [0, 0.1) is 0 Å². The van der Waals surface area contributed by atoms with E-state index >= 15 is 0 Å². The molecular weight excluding hydrogens is 444 g/mol. The Labute approximate surface area is 189 Å². The van der Waals surface area contributed by atoms with E-state index in [2.05, 4.69) is 10.0 Å². The maximum atomic E-state index is 13.0. The Bertz CT molecular complexity index is 1480. The number of hydrogen-bond acceptors (Lipinski definition) is 6. The largest absolute Gasteiger partial charge is 0.494 e. The number of fused-ring (bicyclic) bond motifs is 1. The smallest absolute Gasteiger partial charge is 0.336 e. The van der Waals surface area contributed by atoms with Gasteiger partial charge in [0.15, 0.2) is 0 Å². The number of carbonyl (C=O) groups excluding carboxylic acids is 1. The summed E-state index contributed by atoms with van der Waals surface area (Å²) in [5, 5.41) is 3.21. The zero-order valence-electron chi connectivity index (χ0n) is 17.6. The Hall–Kier alpha value is -4.11. The molecule has 0 aliphatic heterocycles. The van der Waals surface area contributed by atoms with Gasteiger partial charge in [0.2, 0.25) is 0 Å². The molecule has 8 nitrogen and oxygen atoms in total. The molecule has 0 spiro atoms. The Morgan fingerprint density at radius 1 is 0.970 bits per heavy atom. The average Bonchev–Trinajstić information content (AvgIpc) is 2.80. The first kappa shape index (κ1) is 22.1. The number of hydrogen-bond donors (Lipinski definition) is 2. The van der Waals surface area contributed by atoms with Gasteiger partial charge in [-0.05, 0) is 67.6 Å². The first-order chi connectivity index (χ1) is 15.9. The van der Waals surface area contributed by atoms with Gasteiger partial charge in [0, 0.05) is 17.1 Å². The number of amides is 1. The molecule has 4 rings (SSSR count). The number of carbonyl (C=O) groups is 1. The lowest BCUT2D eigenvalue weighted by Gasteiger charge is -2.13. The van der Waals surface area contributed by atoms with Crippen molar-refractivity contribution in [2.24, 2.45) is 0 Å².